The van der Waals surface area contributed by atoms with E-state index in [1.165, 1.54) is 24.3 Å². The number of nitrogens with one attached hydrogen (secondary N) is 1. The number of aryl methyl sites for hydroxylation is 1. The number of carbonyl (C=O) groups is 2. The molecule has 2 N–H and O–H groups in total. The van der Waals surface area contributed by atoms with Gasteiger partial charge in [-0.25, -0.2) is 13.6 Å². The number of aromatic carboxylic acids is 1. The highest BCUT2D eigenvalue weighted by molar-refractivity contribution is 6.04. The topological polar surface area (TPSA) is 66.4 Å². The molecule has 6 heteroatoms. The standard InChI is InChI=1S/C15H11F2NO3/c1-8-7-9(5-6-10(8)15(20)21)18-14(19)11-3-2-4-12(16)13(11)17/h2-7H,1H3,(H,18,19)(H,20,21). The molecule has 0 saturated heterocycles. The van der Waals surface area contributed by atoms with Gasteiger partial charge in [0.2, 0.25) is 0 Å². The highest BCUT2D eigenvalue weighted by Crippen LogP contribution is 2.18. The zero-order valence-corrected chi connectivity index (χ0v) is 11.0. The van der Waals surface area contributed by atoms with Crippen LogP contribution in [0.5, 0.6) is 0 Å². The van der Waals surface area contributed by atoms with Gasteiger partial charge >= 0.3 is 5.97 Å². The molecule has 4 nitrogen and oxygen atoms in total. The smallest absolute Gasteiger partial charge is 0.335 e. The molecule has 0 aliphatic rings. The van der Waals surface area contributed by atoms with Crippen molar-refractivity contribution >= 4 is 17.6 Å². The first-order chi connectivity index (χ1) is 9.90. The molecule has 0 aliphatic carbocycles. The van der Waals surface area contributed by atoms with E-state index >= 15 is 0 Å². The van der Waals surface area contributed by atoms with Crippen LogP contribution in [0.25, 0.3) is 0 Å². The Balaban J connectivity index is 2.26. The summed E-state index contributed by atoms with van der Waals surface area (Å²) in [5.74, 6) is -4.23. The first-order valence-electron chi connectivity index (χ1n) is 5.99. The number of hydrogen-bond acceptors (Lipinski definition) is 2. The fraction of sp³-hybridized carbons (Fsp3) is 0.0667. The van der Waals surface area contributed by atoms with E-state index in [1.807, 2.05) is 0 Å². The van der Waals surface area contributed by atoms with Gasteiger partial charge in [0.25, 0.3) is 5.91 Å². The average Bonchev–Trinajstić information content (AvgIpc) is 2.41. The third kappa shape index (κ3) is 3.05. The number of rotatable bonds is 3. The largest absolute Gasteiger partial charge is 0.478 e. The van der Waals surface area contributed by atoms with E-state index in [0.717, 1.165) is 12.1 Å². The third-order valence-corrected chi connectivity index (χ3v) is 2.91. The van der Waals surface area contributed by atoms with Crippen molar-refractivity contribution in [1.82, 2.24) is 0 Å². The van der Waals surface area contributed by atoms with Crippen molar-refractivity contribution in [2.75, 3.05) is 5.32 Å². The summed E-state index contributed by atoms with van der Waals surface area (Å²) < 4.78 is 26.6. The summed E-state index contributed by atoms with van der Waals surface area (Å²) in [6.07, 6.45) is 0. The van der Waals surface area contributed by atoms with Crippen LogP contribution in [0, 0.1) is 18.6 Å². The summed E-state index contributed by atoms with van der Waals surface area (Å²) in [6, 6.07) is 7.45. The van der Waals surface area contributed by atoms with Gasteiger partial charge in [-0.2, -0.15) is 0 Å². The molecule has 2 aromatic carbocycles. The van der Waals surface area contributed by atoms with Crippen molar-refractivity contribution in [3.8, 4) is 0 Å². The predicted octanol–water partition coefficient (Wildman–Crippen LogP) is 3.22. The number of halogens is 2. The third-order valence-electron chi connectivity index (χ3n) is 2.91. The Labute approximate surface area is 119 Å². The summed E-state index contributed by atoms with van der Waals surface area (Å²) in [5, 5.41) is 11.3. The Hall–Kier alpha value is -2.76. The minimum atomic E-state index is -1.23. The second-order valence-corrected chi connectivity index (χ2v) is 4.39. The molecular weight excluding hydrogens is 280 g/mol. The molecule has 2 aromatic rings. The predicted molar refractivity (Wildman–Crippen MR) is 72.4 cm³/mol. The average molecular weight is 291 g/mol. The van der Waals surface area contributed by atoms with Crippen LogP contribution >= 0.6 is 0 Å². The zero-order chi connectivity index (χ0) is 15.6. The van der Waals surface area contributed by atoms with Gasteiger partial charge < -0.3 is 10.4 Å². The van der Waals surface area contributed by atoms with Gasteiger partial charge in [-0.3, -0.25) is 4.79 Å². The Morgan fingerprint density at radius 1 is 1.10 bits per heavy atom. The molecule has 0 unspecified atom stereocenters. The number of amides is 1. The van der Waals surface area contributed by atoms with Crippen LogP contribution in [-0.4, -0.2) is 17.0 Å². The Kier molecular flexibility index (Phi) is 3.98. The monoisotopic (exact) mass is 291 g/mol. The normalized spacial score (nSPS) is 10.2. The molecule has 0 radical (unpaired) electrons. The van der Waals surface area contributed by atoms with Crippen LogP contribution in [-0.2, 0) is 0 Å². The molecule has 0 spiro atoms. The summed E-state index contributed by atoms with van der Waals surface area (Å²) >= 11 is 0. The van der Waals surface area contributed by atoms with Gasteiger partial charge in [0.05, 0.1) is 11.1 Å². The molecule has 0 atom stereocenters. The lowest BCUT2D eigenvalue weighted by Gasteiger charge is -2.08. The number of anilines is 1. The Morgan fingerprint density at radius 2 is 1.81 bits per heavy atom. The molecule has 0 heterocycles. The molecule has 1 amide bonds. The van der Waals surface area contributed by atoms with Gasteiger partial charge in [-0.05, 0) is 42.8 Å². The van der Waals surface area contributed by atoms with E-state index in [2.05, 4.69) is 5.32 Å². The van der Waals surface area contributed by atoms with Crippen molar-refractivity contribution in [3.63, 3.8) is 0 Å². The van der Waals surface area contributed by atoms with Crippen molar-refractivity contribution in [2.24, 2.45) is 0 Å². The summed E-state index contributed by atoms with van der Waals surface area (Å²) in [5.41, 5.74) is 0.422. The van der Waals surface area contributed by atoms with Gasteiger partial charge in [0.15, 0.2) is 11.6 Å². The van der Waals surface area contributed by atoms with Gasteiger partial charge in [0, 0.05) is 5.69 Å². The van der Waals surface area contributed by atoms with E-state index in [0.29, 0.717) is 11.3 Å². The lowest BCUT2D eigenvalue weighted by molar-refractivity contribution is 0.0696. The number of carboxylic acids is 1. The SMILES string of the molecule is Cc1cc(NC(=O)c2cccc(F)c2F)ccc1C(=O)O. The van der Waals surface area contributed by atoms with E-state index in [1.54, 1.807) is 6.92 Å². The van der Waals surface area contributed by atoms with Crippen LogP contribution in [0.4, 0.5) is 14.5 Å². The van der Waals surface area contributed by atoms with Gasteiger partial charge in [-0.1, -0.05) is 6.07 Å². The van der Waals surface area contributed by atoms with Crippen molar-refractivity contribution in [1.29, 1.82) is 0 Å². The molecule has 0 aliphatic heterocycles. The summed E-state index contributed by atoms with van der Waals surface area (Å²) in [4.78, 5) is 22.8. The maximum absolute atomic E-state index is 13.5. The van der Waals surface area contributed by atoms with Crippen LogP contribution in [0.1, 0.15) is 26.3 Å². The lowest BCUT2D eigenvalue weighted by Crippen LogP contribution is -2.15. The minimum absolute atomic E-state index is 0.102. The number of benzene rings is 2. The first kappa shape index (κ1) is 14.6. The molecule has 2 rings (SSSR count). The molecule has 0 fully saturated rings. The lowest BCUT2D eigenvalue weighted by atomic mass is 10.1. The summed E-state index contributed by atoms with van der Waals surface area (Å²) in [6.45, 7) is 1.57. The van der Waals surface area contributed by atoms with Crippen LogP contribution in [0.2, 0.25) is 0 Å². The number of carbonyl (C=O) groups excluding carboxylic acids is 1. The first-order valence-corrected chi connectivity index (χ1v) is 5.99. The number of carboxylic acid groups (broad SMARTS) is 1. The molecule has 0 bridgehead atoms. The van der Waals surface area contributed by atoms with E-state index in [4.69, 9.17) is 5.11 Å². The van der Waals surface area contributed by atoms with Crippen molar-refractivity contribution in [3.05, 3.63) is 64.7 Å². The molecule has 0 saturated carbocycles. The highest BCUT2D eigenvalue weighted by Gasteiger charge is 2.15. The second kappa shape index (κ2) is 5.70. The zero-order valence-electron chi connectivity index (χ0n) is 11.0. The molecule has 21 heavy (non-hydrogen) atoms. The highest BCUT2D eigenvalue weighted by atomic mass is 19.2. The fourth-order valence-corrected chi connectivity index (χ4v) is 1.86. The maximum atomic E-state index is 13.5. The molecule has 108 valence electrons. The van der Waals surface area contributed by atoms with Gasteiger partial charge in [0.1, 0.15) is 0 Å². The fourth-order valence-electron chi connectivity index (χ4n) is 1.86. The molecular formula is C15H11F2NO3. The van der Waals surface area contributed by atoms with Gasteiger partial charge in [-0.15, -0.1) is 0 Å². The summed E-state index contributed by atoms with van der Waals surface area (Å²) in [7, 11) is 0. The van der Waals surface area contributed by atoms with Crippen LogP contribution in [0.15, 0.2) is 36.4 Å². The van der Waals surface area contributed by atoms with Crippen molar-refractivity contribution < 1.29 is 23.5 Å². The van der Waals surface area contributed by atoms with Crippen LogP contribution in [0.3, 0.4) is 0 Å². The Morgan fingerprint density at radius 3 is 2.43 bits per heavy atom. The maximum Gasteiger partial charge on any atom is 0.335 e. The second-order valence-electron chi connectivity index (χ2n) is 4.39. The minimum Gasteiger partial charge on any atom is -0.478 e. The van der Waals surface area contributed by atoms with Crippen molar-refractivity contribution in [2.45, 2.75) is 6.92 Å². The van der Waals surface area contributed by atoms with E-state index in [-0.39, 0.29) is 5.56 Å². The van der Waals surface area contributed by atoms with Crippen LogP contribution < -0.4 is 5.32 Å². The Bertz CT molecular complexity index is 729. The quantitative estimate of drug-likeness (QED) is 0.912. The molecule has 0 aromatic heterocycles. The van der Waals surface area contributed by atoms with E-state index < -0.39 is 29.1 Å². The van der Waals surface area contributed by atoms with E-state index in [9.17, 15) is 18.4 Å². The number of hydrogen-bond donors (Lipinski definition) is 2.